The lowest BCUT2D eigenvalue weighted by Gasteiger charge is -2.32. The number of aryl methyl sites for hydroxylation is 1. The van der Waals surface area contributed by atoms with E-state index in [1.807, 2.05) is 37.4 Å². The van der Waals surface area contributed by atoms with Crippen molar-refractivity contribution in [2.45, 2.75) is 46.0 Å². The maximum absolute atomic E-state index is 13.7. The largest absolute Gasteiger partial charge is 0.484 e. The van der Waals surface area contributed by atoms with Crippen molar-refractivity contribution in [3.8, 4) is 5.75 Å². The van der Waals surface area contributed by atoms with Crippen molar-refractivity contribution >= 4 is 29.2 Å². The lowest BCUT2D eigenvalue weighted by molar-refractivity contribution is -0.156. The zero-order valence-electron chi connectivity index (χ0n) is 26.3. The molecule has 2 bridgehead atoms. The average molecular weight is 622 g/mol. The second kappa shape index (κ2) is 16.0. The second-order valence-electron chi connectivity index (χ2n) is 11.3. The Hall–Kier alpha value is -4.45. The van der Waals surface area contributed by atoms with E-state index in [0.717, 1.165) is 11.1 Å². The first kappa shape index (κ1) is 33.4. The number of carbonyl (C=O) groups excluding carboxylic acids is 4. The lowest BCUT2D eigenvalue weighted by Crippen LogP contribution is -2.46. The van der Waals surface area contributed by atoms with Gasteiger partial charge in [0.15, 0.2) is 6.61 Å². The molecule has 12 nitrogen and oxygen atoms in total. The molecule has 0 spiro atoms. The van der Waals surface area contributed by atoms with Crippen molar-refractivity contribution in [3.05, 3.63) is 65.5 Å². The van der Waals surface area contributed by atoms with Gasteiger partial charge in [-0.3, -0.25) is 19.2 Å². The summed E-state index contributed by atoms with van der Waals surface area (Å²) < 4.78 is 18.2. The molecule has 1 unspecified atom stereocenters. The van der Waals surface area contributed by atoms with Crippen molar-refractivity contribution in [1.29, 1.82) is 0 Å². The highest BCUT2D eigenvalue weighted by Crippen LogP contribution is 2.30. The maximum atomic E-state index is 13.7. The van der Waals surface area contributed by atoms with E-state index < -0.39 is 11.4 Å². The minimum atomic E-state index is -1.06. The highest BCUT2D eigenvalue weighted by atomic mass is 16.5. The van der Waals surface area contributed by atoms with Crippen LogP contribution in [-0.2, 0) is 30.3 Å². The minimum Gasteiger partial charge on any atom is -0.484 e. The third-order valence-corrected chi connectivity index (χ3v) is 7.89. The van der Waals surface area contributed by atoms with Gasteiger partial charge in [-0.15, -0.1) is 0 Å². The summed E-state index contributed by atoms with van der Waals surface area (Å²) in [5, 5.41) is 10.1. The first-order valence-corrected chi connectivity index (χ1v) is 15.4. The second-order valence-corrected chi connectivity index (χ2v) is 11.3. The molecule has 2 N–H and O–H groups in total. The molecule has 2 aromatic heterocycles. The Morgan fingerprint density at radius 1 is 1.04 bits per heavy atom. The van der Waals surface area contributed by atoms with Crippen molar-refractivity contribution in [2.75, 3.05) is 53.1 Å². The van der Waals surface area contributed by atoms with Crippen molar-refractivity contribution < 1.29 is 33.4 Å². The Bertz CT molecular complexity index is 1470. The van der Waals surface area contributed by atoms with Gasteiger partial charge in [-0.2, -0.15) is 5.10 Å². The highest BCUT2D eigenvalue weighted by Gasteiger charge is 2.40. The molecule has 242 valence electrons. The molecule has 2 aliphatic rings. The average Bonchev–Trinajstić information content (AvgIpc) is 3.45. The van der Waals surface area contributed by atoms with E-state index in [9.17, 15) is 19.2 Å². The van der Waals surface area contributed by atoms with Crippen LogP contribution in [0.5, 0.6) is 5.75 Å². The summed E-state index contributed by atoms with van der Waals surface area (Å²) in [7, 11) is 1.56. The van der Waals surface area contributed by atoms with Crippen molar-refractivity contribution in [2.24, 2.45) is 5.41 Å². The van der Waals surface area contributed by atoms with Gasteiger partial charge in [-0.05, 0) is 68.9 Å². The van der Waals surface area contributed by atoms with Crippen LogP contribution in [0, 0.1) is 12.3 Å². The summed E-state index contributed by atoms with van der Waals surface area (Å²) in [6, 6.07) is 11.0. The quantitative estimate of drug-likeness (QED) is 0.401. The Morgan fingerprint density at radius 3 is 2.58 bits per heavy atom. The molecule has 0 saturated carbocycles. The molecule has 1 atom stereocenters. The van der Waals surface area contributed by atoms with Gasteiger partial charge < -0.3 is 29.7 Å². The summed E-state index contributed by atoms with van der Waals surface area (Å²) in [5.41, 5.74) is 1.96. The van der Waals surface area contributed by atoms with Crippen molar-refractivity contribution in [3.63, 3.8) is 0 Å². The van der Waals surface area contributed by atoms with Gasteiger partial charge in [0.2, 0.25) is 5.91 Å². The van der Waals surface area contributed by atoms with E-state index in [1.54, 1.807) is 41.8 Å². The number of ether oxygens (including phenoxy) is 3. The smallest absolute Gasteiger partial charge is 0.314 e. The van der Waals surface area contributed by atoms with E-state index in [1.165, 1.54) is 0 Å². The number of methoxy groups -OCH3 is 1. The van der Waals surface area contributed by atoms with Crippen molar-refractivity contribution in [1.82, 2.24) is 25.1 Å². The number of fused-ring (bicyclic) bond motifs is 18. The third kappa shape index (κ3) is 9.04. The number of hydrogen-bond donors (Lipinski definition) is 2. The van der Waals surface area contributed by atoms with Gasteiger partial charge in [0.25, 0.3) is 11.8 Å². The van der Waals surface area contributed by atoms with Crippen LogP contribution in [0.25, 0.3) is 5.52 Å². The monoisotopic (exact) mass is 621 g/mol. The molecule has 45 heavy (non-hydrogen) atoms. The molecular weight excluding hydrogens is 578 g/mol. The number of rotatable bonds is 6. The number of amides is 3. The lowest BCUT2D eigenvalue weighted by atomic mass is 9.78. The molecule has 0 fully saturated rings. The zero-order valence-corrected chi connectivity index (χ0v) is 26.3. The van der Waals surface area contributed by atoms with E-state index in [4.69, 9.17) is 14.2 Å². The summed E-state index contributed by atoms with van der Waals surface area (Å²) in [5.74, 6) is -0.611. The van der Waals surface area contributed by atoms with Crippen LogP contribution in [0.4, 0.5) is 0 Å². The number of pyridine rings is 1. The topological polar surface area (TPSA) is 141 Å². The van der Waals surface area contributed by atoms with Crippen LogP contribution in [0.15, 0.2) is 48.8 Å². The fourth-order valence-electron chi connectivity index (χ4n) is 5.38. The summed E-state index contributed by atoms with van der Waals surface area (Å²) in [6.45, 7) is 5.16. The van der Waals surface area contributed by atoms with Gasteiger partial charge >= 0.3 is 5.97 Å². The molecule has 0 aliphatic carbocycles. The number of hydrogen-bond acceptors (Lipinski definition) is 8. The molecule has 3 aromatic rings. The van der Waals surface area contributed by atoms with E-state index >= 15 is 0 Å². The molecule has 2 aliphatic heterocycles. The molecule has 1 aromatic carbocycles. The van der Waals surface area contributed by atoms with Crippen LogP contribution in [0.1, 0.15) is 54.1 Å². The van der Waals surface area contributed by atoms with Crippen LogP contribution in [0.2, 0.25) is 0 Å². The predicted octanol–water partition coefficient (Wildman–Crippen LogP) is 2.71. The number of nitrogens with zero attached hydrogens (tertiary/aromatic N) is 3. The number of nitrogens with one attached hydrogen (secondary N) is 2. The van der Waals surface area contributed by atoms with Gasteiger partial charge in [0, 0.05) is 52.5 Å². The number of benzene rings is 1. The van der Waals surface area contributed by atoms with Crippen LogP contribution >= 0.6 is 0 Å². The predicted molar refractivity (Wildman–Crippen MR) is 167 cm³/mol. The maximum Gasteiger partial charge on any atom is 0.314 e. The molecule has 4 heterocycles. The zero-order chi connectivity index (χ0) is 32.2. The molecule has 12 heteroatoms. The summed E-state index contributed by atoms with van der Waals surface area (Å²) in [4.78, 5) is 54.3. The van der Waals surface area contributed by atoms with E-state index in [-0.39, 0.29) is 43.9 Å². The van der Waals surface area contributed by atoms with Crippen LogP contribution in [-0.4, -0.2) is 91.3 Å². The normalized spacial score (nSPS) is 19.0. The molecular formula is C33H43N5O7. The first-order valence-electron chi connectivity index (χ1n) is 15.4. The van der Waals surface area contributed by atoms with E-state index in [2.05, 4.69) is 15.7 Å². The first-order chi connectivity index (χ1) is 21.7. The van der Waals surface area contributed by atoms with Gasteiger partial charge in [0.05, 0.1) is 29.3 Å². The van der Waals surface area contributed by atoms with Gasteiger partial charge in [-0.25, -0.2) is 4.52 Å². The Balaban J connectivity index is 1.55. The van der Waals surface area contributed by atoms with Crippen LogP contribution < -0.4 is 15.4 Å². The van der Waals surface area contributed by atoms with Gasteiger partial charge in [-0.1, -0.05) is 18.2 Å². The molecule has 5 rings (SSSR count). The molecule has 3 amide bonds. The SMILES string of the molecule is CCOC(=O)C1(CCOC)CNC(=O)CCCN(C(=O)c2cnn3cc(C)ccc23)CCCNC(=O)COc2ccc(cc2)C1. The molecule has 0 saturated heterocycles. The number of carbonyl (C=O) groups is 4. The summed E-state index contributed by atoms with van der Waals surface area (Å²) in [6.07, 6.45) is 5.12. The number of aromatic nitrogens is 2. The minimum absolute atomic E-state index is 0.0664. The fourth-order valence-corrected chi connectivity index (χ4v) is 5.38. The Morgan fingerprint density at radius 2 is 1.82 bits per heavy atom. The number of esters is 1. The van der Waals surface area contributed by atoms with Gasteiger partial charge in [0.1, 0.15) is 5.75 Å². The fraction of sp³-hybridized carbons (Fsp3) is 0.485. The summed E-state index contributed by atoms with van der Waals surface area (Å²) >= 11 is 0. The Labute approximate surface area is 263 Å². The Kier molecular flexibility index (Phi) is 11.9. The molecule has 0 radical (unpaired) electrons. The standard InChI is InChI=1S/C33H43N5O7/c1-4-44-32(42)33(14-18-43-3)19-25-9-11-26(12-10-25)45-22-30(40)34-15-6-17-37(16-5-7-29(39)35-23-33)31(41)27-20-36-38-21-24(2)8-13-28(27)38/h8-13,20-21H,4-7,14-19,22-23H2,1-3H3,(H,34,40)(H,35,39). The van der Waals surface area contributed by atoms with E-state index in [0.29, 0.717) is 68.8 Å². The highest BCUT2D eigenvalue weighted by molar-refractivity contribution is 6.00. The van der Waals surface area contributed by atoms with Crippen LogP contribution in [0.3, 0.4) is 0 Å². The third-order valence-electron chi connectivity index (χ3n) is 7.89.